The van der Waals surface area contributed by atoms with Crippen molar-refractivity contribution < 1.29 is 19.1 Å². The van der Waals surface area contributed by atoms with Crippen molar-refractivity contribution in [2.24, 2.45) is 0 Å². The van der Waals surface area contributed by atoms with Crippen LogP contribution in [0.15, 0.2) is 6.33 Å². The molecule has 30 heavy (non-hydrogen) atoms. The van der Waals surface area contributed by atoms with Crippen LogP contribution >= 0.6 is 11.6 Å². The molecule has 0 spiro atoms. The third kappa shape index (κ3) is 5.08. The van der Waals surface area contributed by atoms with E-state index in [-0.39, 0.29) is 35.7 Å². The van der Waals surface area contributed by atoms with E-state index in [1.54, 1.807) is 27.1 Å². The number of anilines is 1. The fourth-order valence-electron chi connectivity index (χ4n) is 3.48. The SMILES string of the molecule is COC(=O)CN1C[C@@H](n2cnc3c(Cl)nc(N)nc32)C[C@@H]1CNC(=O)OC(C)(C)C. The summed E-state index contributed by atoms with van der Waals surface area (Å²) in [5.74, 6) is -0.301. The molecule has 1 aliphatic heterocycles. The van der Waals surface area contributed by atoms with Crippen molar-refractivity contribution >= 4 is 40.8 Å². The van der Waals surface area contributed by atoms with E-state index in [1.807, 2.05) is 9.47 Å². The number of alkyl carbamates (subject to hydrolysis) is 1. The Morgan fingerprint density at radius 1 is 1.37 bits per heavy atom. The fraction of sp³-hybridized carbons (Fsp3) is 0.611. The smallest absolute Gasteiger partial charge is 0.407 e. The Balaban J connectivity index is 1.78. The molecule has 1 aliphatic rings. The van der Waals surface area contributed by atoms with Gasteiger partial charge in [-0.2, -0.15) is 9.97 Å². The number of carbonyl (C=O) groups excluding carboxylic acids is 2. The average Bonchev–Trinajstić information content (AvgIpc) is 3.22. The molecule has 0 saturated carbocycles. The van der Waals surface area contributed by atoms with Crippen molar-refractivity contribution in [3.8, 4) is 0 Å². The number of halogens is 1. The number of carbonyl (C=O) groups is 2. The van der Waals surface area contributed by atoms with Crippen molar-refractivity contribution in [1.82, 2.24) is 29.7 Å². The lowest BCUT2D eigenvalue weighted by Crippen LogP contribution is -2.43. The van der Waals surface area contributed by atoms with E-state index in [2.05, 4.69) is 20.3 Å². The number of hydrogen-bond acceptors (Lipinski definition) is 9. The summed E-state index contributed by atoms with van der Waals surface area (Å²) >= 11 is 6.12. The minimum atomic E-state index is -0.595. The number of hydrogen-bond donors (Lipinski definition) is 2. The molecule has 2 atom stereocenters. The summed E-state index contributed by atoms with van der Waals surface area (Å²) in [6, 6.07) is -0.177. The molecule has 0 radical (unpaired) electrons. The lowest BCUT2D eigenvalue weighted by atomic mass is 10.1. The molecule has 1 saturated heterocycles. The van der Waals surface area contributed by atoms with E-state index in [9.17, 15) is 9.59 Å². The topological polar surface area (TPSA) is 137 Å². The molecule has 0 aromatic carbocycles. The minimum Gasteiger partial charge on any atom is -0.468 e. The van der Waals surface area contributed by atoms with E-state index >= 15 is 0 Å². The first-order valence-electron chi connectivity index (χ1n) is 9.50. The van der Waals surface area contributed by atoms with E-state index in [4.69, 9.17) is 26.8 Å². The lowest BCUT2D eigenvalue weighted by Gasteiger charge is -2.24. The predicted octanol–water partition coefficient (Wildman–Crippen LogP) is 1.37. The second-order valence-electron chi connectivity index (χ2n) is 8.13. The van der Waals surface area contributed by atoms with Crippen LogP contribution in [-0.4, -0.2) is 74.9 Å². The standard InChI is InChI=1S/C18H26ClN7O4/c1-18(2,3)30-17(28)21-6-10-5-11(7-25(10)8-12(27)29-4)26-9-22-13-14(19)23-16(20)24-15(13)26/h9-11H,5-8H2,1-4H3,(H,21,28)(H2,20,23,24)/t10-,11+/m1/s1. The van der Waals surface area contributed by atoms with E-state index in [0.717, 1.165) is 0 Å². The first-order valence-corrected chi connectivity index (χ1v) is 9.88. The molecule has 3 rings (SSSR count). The van der Waals surface area contributed by atoms with Crippen molar-refractivity contribution in [2.45, 2.75) is 44.9 Å². The Bertz CT molecular complexity index is 942. The Kier molecular flexibility index (Phi) is 6.32. The van der Waals surface area contributed by atoms with Crippen molar-refractivity contribution in [3.05, 3.63) is 11.5 Å². The molecule has 1 fully saturated rings. The zero-order valence-corrected chi connectivity index (χ0v) is 18.1. The van der Waals surface area contributed by atoms with Crippen molar-refractivity contribution in [3.63, 3.8) is 0 Å². The summed E-state index contributed by atoms with van der Waals surface area (Å²) in [7, 11) is 1.34. The molecule has 3 N–H and O–H groups in total. The number of esters is 1. The van der Waals surface area contributed by atoms with Gasteiger partial charge in [-0.05, 0) is 27.2 Å². The van der Waals surface area contributed by atoms with Gasteiger partial charge in [-0.15, -0.1) is 0 Å². The maximum absolute atomic E-state index is 12.1. The number of ether oxygens (including phenoxy) is 2. The number of nitrogen functional groups attached to an aromatic ring is 1. The maximum atomic E-state index is 12.1. The van der Waals surface area contributed by atoms with Crippen LogP contribution in [0.3, 0.4) is 0 Å². The molecule has 2 aromatic rings. The summed E-state index contributed by atoms with van der Waals surface area (Å²) < 4.78 is 12.0. The molecule has 3 heterocycles. The Morgan fingerprint density at radius 3 is 2.77 bits per heavy atom. The monoisotopic (exact) mass is 439 g/mol. The number of amides is 1. The van der Waals surface area contributed by atoms with Crippen LogP contribution in [0.25, 0.3) is 11.2 Å². The largest absolute Gasteiger partial charge is 0.468 e. The Morgan fingerprint density at radius 2 is 2.10 bits per heavy atom. The van der Waals surface area contributed by atoms with Gasteiger partial charge in [0.05, 0.1) is 26.0 Å². The molecule has 1 amide bonds. The van der Waals surface area contributed by atoms with Crippen LogP contribution in [0.1, 0.15) is 33.2 Å². The Hall–Kier alpha value is -2.66. The summed E-state index contributed by atoms with van der Waals surface area (Å²) in [6.45, 7) is 6.33. The van der Waals surface area contributed by atoms with E-state index < -0.39 is 11.7 Å². The molecule has 12 heteroatoms. The first-order chi connectivity index (χ1) is 14.1. The highest BCUT2D eigenvalue weighted by atomic mass is 35.5. The fourth-order valence-corrected chi connectivity index (χ4v) is 3.70. The van der Waals surface area contributed by atoms with Gasteiger partial charge >= 0.3 is 12.1 Å². The molecular formula is C18H26ClN7O4. The summed E-state index contributed by atoms with van der Waals surface area (Å²) in [6.07, 6.45) is 1.76. The van der Waals surface area contributed by atoms with Crippen LogP contribution in [0.2, 0.25) is 5.15 Å². The average molecular weight is 440 g/mol. The molecule has 0 bridgehead atoms. The summed E-state index contributed by atoms with van der Waals surface area (Å²) in [5.41, 5.74) is 6.13. The predicted molar refractivity (Wildman–Crippen MR) is 110 cm³/mol. The molecule has 164 valence electrons. The molecular weight excluding hydrogens is 414 g/mol. The van der Waals surface area contributed by atoms with Gasteiger partial charge in [0.1, 0.15) is 11.1 Å². The van der Waals surface area contributed by atoms with E-state index in [1.165, 1.54) is 7.11 Å². The zero-order chi connectivity index (χ0) is 22.1. The molecule has 0 aliphatic carbocycles. The Labute approximate surface area is 178 Å². The van der Waals surface area contributed by atoms with Gasteiger partial charge < -0.3 is 25.1 Å². The quantitative estimate of drug-likeness (QED) is 0.522. The van der Waals surface area contributed by atoms with Gasteiger partial charge in [0.2, 0.25) is 5.95 Å². The number of nitrogens with one attached hydrogen (secondary N) is 1. The molecule has 2 aromatic heterocycles. The van der Waals surface area contributed by atoms with Gasteiger partial charge in [-0.25, -0.2) is 9.78 Å². The second kappa shape index (κ2) is 8.60. The van der Waals surface area contributed by atoms with Crippen LogP contribution in [0, 0.1) is 0 Å². The number of methoxy groups -OCH3 is 1. The van der Waals surface area contributed by atoms with E-state index in [0.29, 0.717) is 30.7 Å². The number of imidazole rings is 1. The highest BCUT2D eigenvalue weighted by Gasteiger charge is 2.36. The summed E-state index contributed by atoms with van der Waals surface area (Å²) in [5, 5.41) is 2.96. The number of nitrogens with two attached hydrogens (primary N) is 1. The normalized spacial score (nSPS) is 19.8. The van der Waals surface area contributed by atoms with Crippen molar-refractivity contribution in [2.75, 3.05) is 32.5 Å². The minimum absolute atomic E-state index is 0.0572. The number of fused-ring (bicyclic) bond motifs is 1. The number of rotatable bonds is 5. The maximum Gasteiger partial charge on any atom is 0.407 e. The van der Waals surface area contributed by atoms with Gasteiger partial charge in [-0.1, -0.05) is 11.6 Å². The molecule has 11 nitrogen and oxygen atoms in total. The summed E-state index contributed by atoms with van der Waals surface area (Å²) in [4.78, 5) is 38.4. The highest BCUT2D eigenvalue weighted by molar-refractivity contribution is 6.33. The van der Waals surface area contributed by atoms with Gasteiger partial charge in [0, 0.05) is 19.1 Å². The lowest BCUT2D eigenvalue weighted by molar-refractivity contribution is -0.142. The molecule has 0 unspecified atom stereocenters. The number of likely N-dealkylation sites (tertiary alicyclic amines) is 1. The van der Waals surface area contributed by atoms with Crippen LogP contribution < -0.4 is 11.1 Å². The van der Waals surface area contributed by atoms with Gasteiger partial charge in [0.25, 0.3) is 0 Å². The van der Waals surface area contributed by atoms with Gasteiger partial charge in [-0.3, -0.25) is 9.69 Å². The highest BCUT2D eigenvalue weighted by Crippen LogP contribution is 2.31. The number of aromatic nitrogens is 4. The van der Waals surface area contributed by atoms with Crippen LogP contribution in [0.5, 0.6) is 0 Å². The zero-order valence-electron chi connectivity index (χ0n) is 17.4. The van der Waals surface area contributed by atoms with Crippen molar-refractivity contribution in [1.29, 1.82) is 0 Å². The first kappa shape index (κ1) is 22.0. The number of nitrogens with zero attached hydrogens (tertiary/aromatic N) is 5. The third-order valence-corrected chi connectivity index (χ3v) is 5.00. The van der Waals surface area contributed by atoms with Crippen LogP contribution in [0.4, 0.5) is 10.7 Å². The third-order valence-electron chi connectivity index (χ3n) is 4.74. The second-order valence-corrected chi connectivity index (χ2v) is 8.49. The van der Waals surface area contributed by atoms with Crippen LogP contribution in [-0.2, 0) is 14.3 Å². The van der Waals surface area contributed by atoms with Gasteiger partial charge in [0.15, 0.2) is 10.8 Å².